The smallest absolute Gasteiger partial charge is 0.266 e. The molecule has 0 aliphatic rings. The van der Waals surface area contributed by atoms with Crippen LogP contribution in [0.4, 0.5) is 0 Å². The maximum Gasteiger partial charge on any atom is 0.266 e. The minimum atomic E-state index is 0.299. The first-order valence-corrected chi connectivity index (χ1v) is 3.96. The Balaban J connectivity index is 2.48. The van der Waals surface area contributed by atoms with Crippen LogP contribution in [0, 0.1) is 11.8 Å². The van der Waals surface area contributed by atoms with Crippen molar-refractivity contribution in [3.05, 3.63) is 5.15 Å². The Bertz CT molecular complexity index is 288. The van der Waals surface area contributed by atoms with Gasteiger partial charge in [0, 0.05) is 0 Å². The molecule has 5 heteroatoms. The molecule has 0 radical (unpaired) electrons. The molecule has 0 aliphatic heterocycles. The predicted octanol–water partition coefficient (Wildman–Crippen LogP) is 1.59. The fourth-order valence-electron chi connectivity index (χ4n) is 0.433. The number of halogens is 1. The summed E-state index contributed by atoms with van der Waals surface area (Å²) in [6, 6.07) is 0. The molecule has 0 bridgehead atoms. The summed E-state index contributed by atoms with van der Waals surface area (Å²) in [5, 5.41) is 0.299. The van der Waals surface area contributed by atoms with Crippen LogP contribution in [0.2, 0.25) is 5.15 Å². The molecule has 0 fully saturated rings. The molecular weight excluding hydrogens is 184 g/mol. The van der Waals surface area contributed by atoms with Crippen LogP contribution in [-0.4, -0.2) is 15.4 Å². The monoisotopic (exact) mass is 188 g/mol. The van der Waals surface area contributed by atoms with E-state index >= 15 is 0 Å². The third kappa shape index (κ3) is 2.37. The zero-order chi connectivity index (χ0) is 8.10. The van der Waals surface area contributed by atoms with Gasteiger partial charge in [0.1, 0.15) is 0 Å². The molecular formula is C6H5ClN2OS. The van der Waals surface area contributed by atoms with Crippen molar-refractivity contribution in [3.63, 3.8) is 0 Å². The molecule has 11 heavy (non-hydrogen) atoms. The zero-order valence-corrected chi connectivity index (χ0v) is 7.37. The van der Waals surface area contributed by atoms with E-state index in [2.05, 4.69) is 20.6 Å². The number of rotatable bonds is 2. The van der Waals surface area contributed by atoms with Crippen LogP contribution in [0.25, 0.3) is 0 Å². The standard InChI is InChI=1S/C6H5ClN2OS/c1-2-3-4-10-6-5(7)8-11-9-6/h4H2,1H3. The fourth-order valence-corrected chi connectivity index (χ4v) is 1.08. The molecule has 0 saturated heterocycles. The van der Waals surface area contributed by atoms with Gasteiger partial charge in [-0.15, -0.1) is 10.3 Å². The van der Waals surface area contributed by atoms with E-state index in [9.17, 15) is 0 Å². The lowest BCUT2D eigenvalue weighted by molar-refractivity contribution is 0.359. The molecule has 1 aromatic rings. The third-order valence-electron chi connectivity index (χ3n) is 0.879. The van der Waals surface area contributed by atoms with Gasteiger partial charge in [-0.2, -0.15) is 4.37 Å². The van der Waals surface area contributed by atoms with Crippen molar-refractivity contribution >= 4 is 23.3 Å². The second-order valence-electron chi connectivity index (χ2n) is 1.58. The Hall–Kier alpha value is -0.790. The molecule has 1 heterocycles. The summed E-state index contributed by atoms with van der Waals surface area (Å²) in [5.41, 5.74) is 0. The molecule has 0 saturated carbocycles. The second kappa shape index (κ2) is 4.16. The molecule has 1 rings (SSSR count). The summed E-state index contributed by atoms with van der Waals surface area (Å²) < 4.78 is 12.6. The Morgan fingerprint density at radius 2 is 2.45 bits per heavy atom. The van der Waals surface area contributed by atoms with Gasteiger partial charge in [-0.1, -0.05) is 17.5 Å². The highest BCUT2D eigenvalue weighted by Gasteiger charge is 2.03. The lowest BCUT2D eigenvalue weighted by Gasteiger charge is -1.93. The number of nitrogens with zero attached hydrogens (tertiary/aromatic N) is 2. The predicted molar refractivity (Wildman–Crippen MR) is 43.9 cm³/mol. The maximum absolute atomic E-state index is 5.58. The first-order chi connectivity index (χ1) is 5.34. The zero-order valence-electron chi connectivity index (χ0n) is 5.80. The van der Waals surface area contributed by atoms with Crippen LogP contribution in [0.3, 0.4) is 0 Å². The van der Waals surface area contributed by atoms with Crippen molar-refractivity contribution in [2.75, 3.05) is 6.61 Å². The normalized spacial score (nSPS) is 8.55. The van der Waals surface area contributed by atoms with Crippen molar-refractivity contribution in [3.8, 4) is 17.7 Å². The van der Waals surface area contributed by atoms with Crippen LogP contribution in [-0.2, 0) is 0 Å². The van der Waals surface area contributed by atoms with E-state index in [-0.39, 0.29) is 0 Å². The average molecular weight is 189 g/mol. The van der Waals surface area contributed by atoms with E-state index < -0.39 is 0 Å². The van der Waals surface area contributed by atoms with Gasteiger partial charge < -0.3 is 4.74 Å². The minimum Gasteiger partial charge on any atom is -0.462 e. The number of hydrogen-bond donors (Lipinski definition) is 0. The Morgan fingerprint density at radius 1 is 1.64 bits per heavy atom. The number of hydrogen-bond acceptors (Lipinski definition) is 4. The Morgan fingerprint density at radius 3 is 3.00 bits per heavy atom. The lowest BCUT2D eigenvalue weighted by Crippen LogP contribution is -1.93. The Kier molecular flexibility index (Phi) is 3.14. The van der Waals surface area contributed by atoms with Gasteiger partial charge in [-0.3, -0.25) is 0 Å². The van der Waals surface area contributed by atoms with Crippen LogP contribution in [0.15, 0.2) is 0 Å². The van der Waals surface area contributed by atoms with E-state index in [1.165, 1.54) is 0 Å². The molecule has 3 nitrogen and oxygen atoms in total. The van der Waals surface area contributed by atoms with E-state index in [1.807, 2.05) is 0 Å². The summed E-state index contributed by atoms with van der Waals surface area (Å²) in [7, 11) is 0. The van der Waals surface area contributed by atoms with Crippen LogP contribution in [0.5, 0.6) is 5.88 Å². The quantitative estimate of drug-likeness (QED) is 0.662. The first kappa shape index (κ1) is 8.31. The SMILES string of the molecule is CC#CCOc1nsnc1Cl. The van der Waals surface area contributed by atoms with E-state index in [4.69, 9.17) is 16.3 Å². The van der Waals surface area contributed by atoms with Crippen molar-refractivity contribution in [1.29, 1.82) is 0 Å². The molecule has 58 valence electrons. The number of ether oxygens (including phenoxy) is 1. The van der Waals surface area contributed by atoms with E-state index in [0.29, 0.717) is 17.6 Å². The van der Waals surface area contributed by atoms with Crippen molar-refractivity contribution < 1.29 is 4.74 Å². The molecule has 0 N–H and O–H groups in total. The largest absolute Gasteiger partial charge is 0.462 e. The number of aromatic nitrogens is 2. The second-order valence-corrected chi connectivity index (χ2v) is 2.46. The summed E-state index contributed by atoms with van der Waals surface area (Å²) in [6.07, 6.45) is 0. The van der Waals surface area contributed by atoms with Gasteiger partial charge in [-0.25, -0.2) is 0 Å². The van der Waals surface area contributed by atoms with Gasteiger partial charge >= 0.3 is 0 Å². The van der Waals surface area contributed by atoms with Gasteiger partial charge in [0.2, 0.25) is 5.15 Å². The van der Waals surface area contributed by atoms with E-state index in [1.54, 1.807) is 6.92 Å². The molecule has 1 aromatic heterocycles. The molecule has 0 spiro atoms. The van der Waals surface area contributed by atoms with Crippen molar-refractivity contribution in [1.82, 2.24) is 8.75 Å². The average Bonchev–Trinajstić information content (AvgIpc) is 2.37. The summed E-state index contributed by atoms with van der Waals surface area (Å²) in [4.78, 5) is 0. The van der Waals surface area contributed by atoms with Crippen LogP contribution >= 0.6 is 23.3 Å². The van der Waals surface area contributed by atoms with Gasteiger partial charge in [0.05, 0.1) is 11.7 Å². The lowest BCUT2D eigenvalue weighted by atomic mass is 10.6. The maximum atomic E-state index is 5.58. The van der Waals surface area contributed by atoms with Gasteiger partial charge in [0.25, 0.3) is 5.88 Å². The van der Waals surface area contributed by atoms with E-state index in [0.717, 1.165) is 11.7 Å². The van der Waals surface area contributed by atoms with Gasteiger partial charge in [-0.05, 0) is 6.92 Å². The molecule has 0 amide bonds. The highest BCUT2D eigenvalue weighted by Crippen LogP contribution is 2.19. The molecule has 0 aliphatic carbocycles. The fraction of sp³-hybridized carbons (Fsp3) is 0.333. The third-order valence-corrected chi connectivity index (χ3v) is 1.74. The Labute approximate surface area is 73.7 Å². The highest BCUT2D eigenvalue weighted by molar-refractivity contribution is 6.99. The summed E-state index contributed by atoms with van der Waals surface area (Å²) in [6.45, 7) is 2.05. The van der Waals surface area contributed by atoms with Crippen molar-refractivity contribution in [2.45, 2.75) is 6.92 Å². The first-order valence-electron chi connectivity index (χ1n) is 2.85. The van der Waals surface area contributed by atoms with Crippen molar-refractivity contribution in [2.24, 2.45) is 0 Å². The van der Waals surface area contributed by atoms with Crippen LogP contribution < -0.4 is 4.74 Å². The minimum absolute atomic E-state index is 0.299. The summed E-state index contributed by atoms with van der Waals surface area (Å²) >= 11 is 6.60. The molecule has 0 atom stereocenters. The summed E-state index contributed by atoms with van der Waals surface area (Å²) in [5.74, 6) is 5.77. The van der Waals surface area contributed by atoms with Crippen LogP contribution in [0.1, 0.15) is 6.92 Å². The highest BCUT2D eigenvalue weighted by atomic mass is 35.5. The molecule has 0 unspecified atom stereocenters. The van der Waals surface area contributed by atoms with Gasteiger partial charge in [0.15, 0.2) is 6.61 Å². The molecule has 0 aromatic carbocycles. The topological polar surface area (TPSA) is 35.0 Å².